The van der Waals surface area contributed by atoms with Crippen LogP contribution in [0.4, 0.5) is 0 Å². The number of aliphatic hydroxyl groups is 4. The number of hydrogen-bond donors (Lipinski definition) is 4. The standard InChI is InChI=1S/2C6H14O2/c1-6(2-4-7)3-5-8;1-3-5(2)4-6(7)8/h6-8H,2-5H2,1H3;5-8H,3-4H2,1-2H3. The Balaban J connectivity index is 0. The molecule has 16 heavy (non-hydrogen) atoms. The predicted molar refractivity (Wildman–Crippen MR) is 64.9 cm³/mol. The zero-order chi connectivity index (χ0) is 13.0. The van der Waals surface area contributed by atoms with Gasteiger partial charge in [-0.2, -0.15) is 0 Å². The van der Waals surface area contributed by atoms with E-state index < -0.39 is 6.29 Å². The first kappa shape index (κ1) is 18.2. The van der Waals surface area contributed by atoms with Crippen LogP contribution in [0.25, 0.3) is 0 Å². The van der Waals surface area contributed by atoms with Crippen LogP contribution in [0, 0.1) is 11.8 Å². The minimum Gasteiger partial charge on any atom is -0.396 e. The van der Waals surface area contributed by atoms with Crippen molar-refractivity contribution < 1.29 is 20.4 Å². The van der Waals surface area contributed by atoms with E-state index in [0.717, 1.165) is 19.3 Å². The maximum Gasteiger partial charge on any atom is 0.151 e. The summed E-state index contributed by atoms with van der Waals surface area (Å²) >= 11 is 0. The van der Waals surface area contributed by atoms with E-state index in [2.05, 4.69) is 0 Å². The second kappa shape index (κ2) is 12.9. The average molecular weight is 236 g/mol. The first-order valence-electron chi connectivity index (χ1n) is 6.05. The molecule has 4 nitrogen and oxygen atoms in total. The maximum atomic E-state index is 8.41. The molecule has 1 atom stereocenters. The van der Waals surface area contributed by atoms with Gasteiger partial charge in [-0.25, -0.2) is 0 Å². The summed E-state index contributed by atoms with van der Waals surface area (Å²) in [7, 11) is 0. The van der Waals surface area contributed by atoms with Crippen molar-refractivity contribution >= 4 is 0 Å². The molecule has 1 unspecified atom stereocenters. The SMILES string of the molecule is CC(CCO)CCO.CCC(C)CC(O)O. The summed E-state index contributed by atoms with van der Waals surface area (Å²) in [5.41, 5.74) is 0. The van der Waals surface area contributed by atoms with Crippen molar-refractivity contribution in [3.05, 3.63) is 0 Å². The van der Waals surface area contributed by atoms with E-state index in [9.17, 15) is 0 Å². The Bertz CT molecular complexity index is 122. The Morgan fingerprint density at radius 3 is 1.50 bits per heavy atom. The van der Waals surface area contributed by atoms with Crippen LogP contribution in [-0.4, -0.2) is 39.9 Å². The van der Waals surface area contributed by atoms with Crippen LogP contribution in [0.1, 0.15) is 46.5 Å². The summed E-state index contributed by atoms with van der Waals surface area (Å²) in [6.07, 6.45) is 2.00. The Labute approximate surface area is 98.9 Å². The summed E-state index contributed by atoms with van der Waals surface area (Å²) in [6.45, 7) is 6.53. The summed E-state index contributed by atoms with van der Waals surface area (Å²) in [5, 5.41) is 33.6. The fourth-order valence-corrected chi connectivity index (χ4v) is 1.11. The largest absolute Gasteiger partial charge is 0.396 e. The normalized spacial score (nSPS) is 12.6. The smallest absolute Gasteiger partial charge is 0.151 e. The first-order valence-corrected chi connectivity index (χ1v) is 6.05. The highest BCUT2D eigenvalue weighted by molar-refractivity contribution is 4.49. The second-order valence-electron chi connectivity index (χ2n) is 4.36. The third-order valence-corrected chi connectivity index (χ3v) is 2.55. The number of aliphatic hydroxyl groups excluding tert-OH is 3. The third-order valence-electron chi connectivity index (χ3n) is 2.55. The van der Waals surface area contributed by atoms with Gasteiger partial charge in [0.15, 0.2) is 6.29 Å². The Morgan fingerprint density at radius 2 is 1.31 bits per heavy atom. The lowest BCUT2D eigenvalue weighted by molar-refractivity contribution is -0.0547. The van der Waals surface area contributed by atoms with Crippen LogP contribution in [0.5, 0.6) is 0 Å². The molecule has 0 heterocycles. The van der Waals surface area contributed by atoms with Crippen molar-refractivity contribution in [2.75, 3.05) is 13.2 Å². The molecule has 0 bridgehead atoms. The van der Waals surface area contributed by atoms with E-state index in [1.807, 2.05) is 20.8 Å². The van der Waals surface area contributed by atoms with Crippen LogP contribution in [0.15, 0.2) is 0 Å². The molecular formula is C12H28O4. The molecule has 4 heteroatoms. The van der Waals surface area contributed by atoms with Gasteiger partial charge in [0.25, 0.3) is 0 Å². The molecule has 0 aromatic rings. The molecule has 0 aromatic carbocycles. The van der Waals surface area contributed by atoms with Gasteiger partial charge in [-0.1, -0.05) is 27.2 Å². The quantitative estimate of drug-likeness (QED) is 0.499. The van der Waals surface area contributed by atoms with Crippen molar-refractivity contribution in [2.24, 2.45) is 11.8 Å². The summed E-state index contributed by atoms with van der Waals surface area (Å²) in [6, 6.07) is 0. The van der Waals surface area contributed by atoms with E-state index in [0.29, 0.717) is 18.3 Å². The van der Waals surface area contributed by atoms with Crippen LogP contribution in [0.3, 0.4) is 0 Å². The predicted octanol–water partition coefficient (Wildman–Crippen LogP) is 1.12. The lowest BCUT2D eigenvalue weighted by atomic mass is 10.1. The van der Waals surface area contributed by atoms with Crippen LogP contribution < -0.4 is 0 Å². The van der Waals surface area contributed by atoms with Crippen LogP contribution >= 0.6 is 0 Å². The molecule has 100 valence electrons. The maximum absolute atomic E-state index is 8.41. The van der Waals surface area contributed by atoms with E-state index in [1.165, 1.54) is 0 Å². The number of hydrogen-bond acceptors (Lipinski definition) is 4. The lowest BCUT2D eigenvalue weighted by Gasteiger charge is -2.08. The van der Waals surface area contributed by atoms with Crippen LogP contribution in [0.2, 0.25) is 0 Å². The monoisotopic (exact) mass is 236 g/mol. The van der Waals surface area contributed by atoms with Gasteiger partial charge in [0, 0.05) is 19.6 Å². The average Bonchev–Trinajstić information content (AvgIpc) is 2.18. The van der Waals surface area contributed by atoms with Gasteiger partial charge in [-0.15, -0.1) is 0 Å². The molecule has 0 aromatic heterocycles. The van der Waals surface area contributed by atoms with Crippen molar-refractivity contribution in [3.63, 3.8) is 0 Å². The van der Waals surface area contributed by atoms with E-state index in [4.69, 9.17) is 20.4 Å². The fourth-order valence-electron chi connectivity index (χ4n) is 1.11. The Morgan fingerprint density at radius 1 is 0.875 bits per heavy atom. The highest BCUT2D eigenvalue weighted by Gasteiger charge is 2.02. The van der Waals surface area contributed by atoms with Gasteiger partial charge in [-0.05, 0) is 24.7 Å². The van der Waals surface area contributed by atoms with Gasteiger partial charge in [0.1, 0.15) is 0 Å². The molecule has 0 amide bonds. The molecule has 0 fully saturated rings. The molecule has 0 radical (unpaired) electrons. The first-order chi connectivity index (χ1) is 7.47. The highest BCUT2D eigenvalue weighted by atomic mass is 16.5. The minimum atomic E-state index is -1.12. The molecule has 0 aliphatic heterocycles. The van der Waals surface area contributed by atoms with Crippen LogP contribution in [-0.2, 0) is 0 Å². The van der Waals surface area contributed by atoms with E-state index in [-0.39, 0.29) is 13.2 Å². The number of rotatable bonds is 7. The molecule has 4 N–H and O–H groups in total. The summed E-state index contributed by atoms with van der Waals surface area (Å²) < 4.78 is 0. The molecular weight excluding hydrogens is 208 g/mol. The van der Waals surface area contributed by atoms with Crippen molar-refractivity contribution in [3.8, 4) is 0 Å². The fraction of sp³-hybridized carbons (Fsp3) is 1.00. The molecule has 0 spiro atoms. The topological polar surface area (TPSA) is 80.9 Å². The van der Waals surface area contributed by atoms with E-state index in [1.54, 1.807) is 0 Å². The highest BCUT2D eigenvalue weighted by Crippen LogP contribution is 2.07. The molecule has 0 saturated carbocycles. The minimum absolute atomic E-state index is 0.237. The van der Waals surface area contributed by atoms with Crippen molar-refractivity contribution in [1.82, 2.24) is 0 Å². The third kappa shape index (κ3) is 16.3. The molecule has 0 aliphatic rings. The lowest BCUT2D eigenvalue weighted by Crippen LogP contribution is -2.09. The zero-order valence-electron chi connectivity index (χ0n) is 10.8. The van der Waals surface area contributed by atoms with Gasteiger partial charge in [-0.3, -0.25) is 0 Å². The van der Waals surface area contributed by atoms with Crippen molar-refractivity contribution in [1.29, 1.82) is 0 Å². The molecule has 0 saturated heterocycles. The van der Waals surface area contributed by atoms with Gasteiger partial charge in [0.05, 0.1) is 0 Å². The second-order valence-corrected chi connectivity index (χ2v) is 4.36. The van der Waals surface area contributed by atoms with E-state index >= 15 is 0 Å². The summed E-state index contributed by atoms with van der Waals surface area (Å²) in [5.74, 6) is 0.889. The van der Waals surface area contributed by atoms with Crippen molar-refractivity contribution in [2.45, 2.75) is 52.7 Å². The van der Waals surface area contributed by atoms with Gasteiger partial charge < -0.3 is 20.4 Å². The molecule has 0 rings (SSSR count). The summed E-state index contributed by atoms with van der Waals surface area (Å²) in [4.78, 5) is 0. The molecule has 0 aliphatic carbocycles. The van der Waals surface area contributed by atoms with Gasteiger partial charge in [0.2, 0.25) is 0 Å². The Hall–Kier alpha value is -0.160. The zero-order valence-corrected chi connectivity index (χ0v) is 10.8. The van der Waals surface area contributed by atoms with Gasteiger partial charge >= 0.3 is 0 Å². The Kier molecular flexibility index (Phi) is 14.7.